The molecule has 2 aliphatic rings. The highest BCUT2D eigenvalue weighted by Crippen LogP contribution is 2.39. The van der Waals surface area contributed by atoms with E-state index >= 15 is 0 Å². The van der Waals surface area contributed by atoms with Gasteiger partial charge in [-0.1, -0.05) is 57.7 Å². The molecule has 1 aromatic carbocycles. The number of likely N-dealkylation sites (tertiary alicyclic amines) is 1. The Balaban J connectivity index is 1.71. The van der Waals surface area contributed by atoms with Crippen LogP contribution in [-0.2, 0) is 9.16 Å². The Labute approximate surface area is 197 Å². The normalized spacial score (nSPS) is 21.1. The number of benzene rings is 1. The van der Waals surface area contributed by atoms with Crippen molar-refractivity contribution in [1.29, 1.82) is 0 Å². The monoisotopic (exact) mass is 470 g/mol. The molecule has 0 saturated carbocycles. The molecule has 0 N–H and O–H groups in total. The molecule has 2 aliphatic heterocycles. The maximum Gasteiger partial charge on any atom is 0.410 e. The highest BCUT2D eigenvalue weighted by molar-refractivity contribution is 6.74. The molecule has 2 atom stereocenters. The first-order valence-corrected chi connectivity index (χ1v) is 14.2. The van der Waals surface area contributed by atoms with Crippen molar-refractivity contribution >= 4 is 26.2 Å². The van der Waals surface area contributed by atoms with Gasteiger partial charge in [-0.05, 0) is 36.7 Å². The molecule has 7 nitrogen and oxygen atoms in total. The molecule has 8 heteroatoms. The summed E-state index contributed by atoms with van der Waals surface area (Å²) >= 11 is 0. The van der Waals surface area contributed by atoms with Gasteiger partial charge < -0.3 is 9.16 Å². The van der Waals surface area contributed by atoms with E-state index in [0.717, 1.165) is 0 Å². The van der Waals surface area contributed by atoms with Gasteiger partial charge in [0.2, 0.25) is 0 Å². The Morgan fingerprint density at radius 3 is 2.33 bits per heavy atom. The SMILES string of the molecule is C=CCOC(=O)N1C[C@H](O[Si](C)(C)C(C)(C)C)C[C@H]1/C=C\CN1C(=O)c2ccccc2C1=O. The number of nitrogens with zero attached hydrogens (tertiary/aromatic N) is 2. The average Bonchev–Trinajstić information content (AvgIpc) is 3.25. The predicted molar refractivity (Wildman–Crippen MR) is 130 cm³/mol. The summed E-state index contributed by atoms with van der Waals surface area (Å²) in [5.74, 6) is -0.596. The van der Waals surface area contributed by atoms with Crippen LogP contribution in [0.25, 0.3) is 0 Å². The van der Waals surface area contributed by atoms with E-state index in [1.165, 1.54) is 11.0 Å². The Kier molecular flexibility index (Phi) is 7.28. The van der Waals surface area contributed by atoms with E-state index < -0.39 is 14.4 Å². The smallest absolute Gasteiger partial charge is 0.410 e. The summed E-state index contributed by atoms with van der Waals surface area (Å²) in [5.41, 5.74) is 0.850. The van der Waals surface area contributed by atoms with Crippen molar-refractivity contribution in [3.05, 3.63) is 60.2 Å². The largest absolute Gasteiger partial charge is 0.445 e. The van der Waals surface area contributed by atoms with E-state index in [9.17, 15) is 14.4 Å². The lowest BCUT2D eigenvalue weighted by molar-refractivity contribution is 0.0671. The quantitative estimate of drug-likeness (QED) is 0.330. The van der Waals surface area contributed by atoms with E-state index in [1.807, 2.05) is 6.08 Å². The van der Waals surface area contributed by atoms with Gasteiger partial charge in [0.1, 0.15) is 6.61 Å². The summed E-state index contributed by atoms with van der Waals surface area (Å²) in [7, 11) is -2.01. The molecule has 0 bridgehead atoms. The van der Waals surface area contributed by atoms with Crippen LogP contribution in [0.2, 0.25) is 18.1 Å². The van der Waals surface area contributed by atoms with Crippen molar-refractivity contribution in [2.45, 2.75) is 57.5 Å². The van der Waals surface area contributed by atoms with Crippen molar-refractivity contribution in [2.24, 2.45) is 0 Å². The van der Waals surface area contributed by atoms with Gasteiger partial charge in [0, 0.05) is 13.1 Å². The zero-order valence-electron chi connectivity index (χ0n) is 20.2. The second-order valence-corrected chi connectivity index (χ2v) is 14.8. The molecule has 0 unspecified atom stereocenters. The molecule has 2 heterocycles. The molecule has 1 saturated heterocycles. The molecule has 178 valence electrons. The average molecular weight is 471 g/mol. The van der Waals surface area contributed by atoms with E-state index in [2.05, 4.69) is 40.4 Å². The number of carbonyl (C=O) groups excluding carboxylic acids is 3. The van der Waals surface area contributed by atoms with Crippen LogP contribution >= 0.6 is 0 Å². The van der Waals surface area contributed by atoms with Crippen LogP contribution in [0.1, 0.15) is 47.9 Å². The van der Waals surface area contributed by atoms with E-state index in [1.54, 1.807) is 35.2 Å². The summed E-state index contributed by atoms with van der Waals surface area (Å²) in [5, 5.41) is 0.0561. The van der Waals surface area contributed by atoms with E-state index in [0.29, 0.717) is 24.1 Å². The van der Waals surface area contributed by atoms with Gasteiger partial charge in [0.25, 0.3) is 11.8 Å². The Bertz CT molecular complexity index is 931. The molecule has 1 aromatic rings. The molecule has 0 aromatic heterocycles. The summed E-state index contributed by atoms with van der Waals surface area (Å²) in [6, 6.07) is 6.58. The van der Waals surface area contributed by atoms with Crippen LogP contribution in [0.4, 0.5) is 4.79 Å². The van der Waals surface area contributed by atoms with Crippen LogP contribution in [0.5, 0.6) is 0 Å². The molecule has 3 amide bonds. The first kappa shape index (κ1) is 24.9. The second-order valence-electron chi connectivity index (χ2n) is 10.0. The zero-order valence-corrected chi connectivity index (χ0v) is 21.2. The Morgan fingerprint density at radius 1 is 1.18 bits per heavy atom. The topological polar surface area (TPSA) is 76.2 Å². The number of imide groups is 1. The number of ether oxygens (including phenoxy) is 1. The zero-order chi connectivity index (χ0) is 24.4. The molecule has 0 aliphatic carbocycles. The molecule has 3 rings (SSSR count). The van der Waals surface area contributed by atoms with Gasteiger partial charge in [0.15, 0.2) is 8.32 Å². The molecule has 33 heavy (non-hydrogen) atoms. The predicted octanol–water partition coefficient (Wildman–Crippen LogP) is 4.63. The first-order valence-electron chi connectivity index (χ1n) is 11.3. The Hall–Kier alpha value is -2.71. The fraction of sp³-hybridized carbons (Fsp3) is 0.480. The number of hydrogen-bond acceptors (Lipinski definition) is 5. The van der Waals surface area contributed by atoms with Crippen molar-refractivity contribution in [3.63, 3.8) is 0 Å². The molecule has 0 radical (unpaired) electrons. The van der Waals surface area contributed by atoms with Crippen LogP contribution in [0.3, 0.4) is 0 Å². The third kappa shape index (κ3) is 5.28. The third-order valence-electron chi connectivity index (χ3n) is 6.66. The van der Waals surface area contributed by atoms with Gasteiger partial charge in [0.05, 0.1) is 23.3 Å². The van der Waals surface area contributed by atoms with E-state index in [-0.39, 0.29) is 42.2 Å². The van der Waals surface area contributed by atoms with Crippen LogP contribution < -0.4 is 0 Å². The van der Waals surface area contributed by atoms with Gasteiger partial charge in [-0.15, -0.1) is 0 Å². The third-order valence-corrected chi connectivity index (χ3v) is 11.2. The molecule has 1 fully saturated rings. The number of hydrogen-bond donors (Lipinski definition) is 0. The Morgan fingerprint density at radius 2 is 1.79 bits per heavy atom. The van der Waals surface area contributed by atoms with Crippen molar-refractivity contribution in [2.75, 3.05) is 19.7 Å². The molecule has 0 spiro atoms. The summed E-state index contributed by atoms with van der Waals surface area (Å²) in [4.78, 5) is 40.7. The molecular weight excluding hydrogens is 436 g/mol. The fourth-order valence-corrected chi connectivity index (χ4v) is 5.20. The van der Waals surface area contributed by atoms with Crippen LogP contribution in [-0.4, -0.2) is 67.9 Å². The van der Waals surface area contributed by atoms with Crippen LogP contribution in [0.15, 0.2) is 49.1 Å². The highest BCUT2D eigenvalue weighted by Gasteiger charge is 2.43. The van der Waals surface area contributed by atoms with Gasteiger partial charge in [-0.2, -0.15) is 0 Å². The summed E-state index contributed by atoms with van der Waals surface area (Å²) in [6.07, 6.45) is 5.28. The standard InChI is InChI=1S/C25H34N2O5Si/c1-7-15-31-24(30)27-17-19(32-33(5,6)25(2,3)4)16-18(27)11-10-14-26-22(28)20-12-8-9-13-21(20)23(26)29/h7-13,18-19H,1,14-17H2,2-6H3/b11-10-/t18-,19-/m1/s1. The fourth-order valence-electron chi connectivity index (χ4n) is 3.84. The maximum absolute atomic E-state index is 12.7. The maximum atomic E-state index is 12.7. The lowest BCUT2D eigenvalue weighted by Gasteiger charge is -2.38. The van der Waals surface area contributed by atoms with Crippen molar-refractivity contribution in [3.8, 4) is 0 Å². The van der Waals surface area contributed by atoms with Crippen LogP contribution in [0, 0.1) is 0 Å². The number of fused-ring (bicyclic) bond motifs is 1. The van der Waals surface area contributed by atoms with E-state index in [4.69, 9.17) is 9.16 Å². The molecular formula is C25H34N2O5Si. The van der Waals surface area contributed by atoms with Crippen molar-refractivity contribution in [1.82, 2.24) is 9.80 Å². The van der Waals surface area contributed by atoms with Crippen molar-refractivity contribution < 1.29 is 23.5 Å². The second kappa shape index (κ2) is 9.65. The lowest BCUT2D eigenvalue weighted by atomic mass is 10.1. The van der Waals surface area contributed by atoms with Gasteiger partial charge in [-0.25, -0.2) is 4.79 Å². The number of amides is 3. The number of rotatable bonds is 7. The highest BCUT2D eigenvalue weighted by atomic mass is 28.4. The summed E-state index contributed by atoms with van der Waals surface area (Å²) < 4.78 is 11.8. The minimum atomic E-state index is -2.01. The lowest BCUT2D eigenvalue weighted by Crippen LogP contribution is -2.44. The minimum absolute atomic E-state index is 0.0561. The van der Waals surface area contributed by atoms with Gasteiger partial charge in [-0.3, -0.25) is 19.4 Å². The minimum Gasteiger partial charge on any atom is -0.445 e. The summed E-state index contributed by atoms with van der Waals surface area (Å²) in [6.45, 7) is 15.2. The first-order chi connectivity index (χ1) is 15.5. The number of carbonyl (C=O) groups is 3. The van der Waals surface area contributed by atoms with Gasteiger partial charge >= 0.3 is 6.09 Å².